The number of rotatable bonds is 11. The molecule has 0 aliphatic heterocycles. The number of ketones is 2. The number of thiophene rings is 10. The third kappa shape index (κ3) is 7.73. The minimum absolute atomic E-state index is 0.132. The van der Waals surface area contributed by atoms with Crippen molar-refractivity contribution in [3.63, 3.8) is 0 Å². The van der Waals surface area contributed by atoms with Crippen LogP contribution in [0.4, 0.5) is 8.78 Å². The summed E-state index contributed by atoms with van der Waals surface area (Å²) < 4.78 is 39.6. The summed E-state index contributed by atoms with van der Waals surface area (Å²) in [6.45, 7) is 19.3. The molecule has 0 fully saturated rings. The standard InChI is InChI=1S/C64H40F2O2S10/c1-9-33-13-17-35(18-14-33)47-37-23-29(5)71-56(37)57-38(48(47)36-19-15-34(10-2)16-20-36)24-45(75-57)62-64-51(53(66)55(77-64)31(7)68)60(78-62)43-25-39-49(41-21-11-27(3)69-41)50(42-22-12-28(4)70-42)40-26-44(74-59(40)58(39)73-43)61-63-46(32(8)72-61)52(65)54(76-63)30(6)67/h9-26H,1-2H2,3-8H3. The lowest BCUT2D eigenvalue weighted by atomic mass is 9.88. The summed E-state index contributed by atoms with van der Waals surface area (Å²) in [5.74, 6) is -1.47. The Morgan fingerprint density at radius 1 is 0.397 bits per heavy atom. The minimum atomic E-state index is -0.472. The molecule has 14 heteroatoms. The maximum Gasteiger partial charge on any atom is 0.172 e. The Kier molecular flexibility index (Phi) is 12.2. The normalized spacial score (nSPS) is 12.1. The molecular weight excluding hydrogens is 1160 g/mol. The second kappa shape index (κ2) is 18.9. The molecule has 0 bridgehead atoms. The molecular formula is C64H40F2O2S10. The van der Waals surface area contributed by atoms with Gasteiger partial charge in [0, 0.05) is 101 Å². The van der Waals surface area contributed by atoms with Crippen LogP contribution in [0, 0.1) is 39.3 Å². The molecule has 2 nitrogen and oxygen atoms in total. The van der Waals surface area contributed by atoms with Crippen molar-refractivity contribution < 1.29 is 18.4 Å². The number of hydrogen-bond acceptors (Lipinski definition) is 12. The number of aryl methyl sites for hydroxylation is 4. The number of carbonyl (C=O) groups is 2. The van der Waals surface area contributed by atoms with Crippen LogP contribution in [0.15, 0.2) is 110 Å². The molecule has 0 aliphatic carbocycles. The molecule has 14 aromatic rings. The number of halogens is 2. The van der Waals surface area contributed by atoms with Gasteiger partial charge < -0.3 is 0 Å². The van der Waals surface area contributed by atoms with Crippen molar-refractivity contribution in [1.29, 1.82) is 0 Å². The maximum absolute atomic E-state index is 17.5. The SMILES string of the molecule is C=Cc1ccc(-c2c(-c3ccc(C=C)cc3)c3cc(-c4sc(-c5cc6c(-c7ccc(C)s7)c(-c7ccc(C)s7)c7cc(-c8sc(C)c9c(F)c(C(C)=O)sc89)sc7c6s5)c5c(F)c(C(C)=O)sc45)sc3c3sc(C)cc23)cc1. The summed E-state index contributed by atoms with van der Waals surface area (Å²) in [5.41, 5.74) is 8.85. The van der Waals surface area contributed by atoms with E-state index in [2.05, 4.69) is 131 Å². The fourth-order valence-electron chi connectivity index (χ4n) is 10.9. The Hall–Kier alpha value is -5.88. The summed E-state index contributed by atoms with van der Waals surface area (Å²) in [6, 6.07) is 35.2. The van der Waals surface area contributed by atoms with E-state index < -0.39 is 11.6 Å². The van der Waals surface area contributed by atoms with Gasteiger partial charge in [0.25, 0.3) is 0 Å². The first-order valence-electron chi connectivity index (χ1n) is 24.8. The van der Waals surface area contributed by atoms with Crippen molar-refractivity contribution >= 4 is 198 Å². The van der Waals surface area contributed by atoms with Crippen LogP contribution in [0.25, 0.3) is 145 Å². The van der Waals surface area contributed by atoms with E-state index in [-0.39, 0.29) is 21.3 Å². The molecule has 0 amide bonds. The number of Topliss-reactive ketones (excluding diaryl/α,β-unsaturated/α-hetero) is 2. The highest BCUT2D eigenvalue weighted by Gasteiger charge is 2.32. The minimum Gasteiger partial charge on any atom is -0.293 e. The largest absolute Gasteiger partial charge is 0.293 e. The van der Waals surface area contributed by atoms with Crippen molar-refractivity contribution in [1.82, 2.24) is 0 Å². The zero-order chi connectivity index (χ0) is 53.7. The van der Waals surface area contributed by atoms with Gasteiger partial charge in [-0.1, -0.05) is 73.8 Å². The molecule has 0 aliphatic rings. The Morgan fingerprint density at radius 3 is 1.26 bits per heavy atom. The van der Waals surface area contributed by atoms with E-state index in [0.717, 1.165) is 123 Å². The first-order chi connectivity index (χ1) is 37.7. The predicted octanol–water partition coefficient (Wildman–Crippen LogP) is 24.1. The van der Waals surface area contributed by atoms with E-state index in [4.69, 9.17) is 0 Å². The van der Waals surface area contributed by atoms with Gasteiger partial charge in [0.15, 0.2) is 23.2 Å². The molecule has 10 heterocycles. The lowest BCUT2D eigenvalue weighted by Crippen LogP contribution is -1.90. The summed E-state index contributed by atoms with van der Waals surface area (Å²) in [5, 5.41) is 5.51. The van der Waals surface area contributed by atoms with Gasteiger partial charge in [0.2, 0.25) is 0 Å². The second-order valence-corrected chi connectivity index (χ2v) is 30.7. The molecule has 0 radical (unpaired) electrons. The molecule has 382 valence electrons. The average Bonchev–Trinajstić information content (AvgIpc) is 4.37. The fourth-order valence-corrected chi connectivity index (χ4v) is 23.0. The van der Waals surface area contributed by atoms with Crippen molar-refractivity contribution in [2.45, 2.75) is 41.5 Å². The van der Waals surface area contributed by atoms with E-state index >= 15 is 8.78 Å². The van der Waals surface area contributed by atoms with Gasteiger partial charge in [-0.3, -0.25) is 9.59 Å². The first kappa shape index (κ1) is 50.3. The summed E-state index contributed by atoms with van der Waals surface area (Å²) in [7, 11) is 0. The van der Waals surface area contributed by atoms with Gasteiger partial charge in [0.05, 0.1) is 42.8 Å². The molecule has 14 rings (SSSR count). The predicted molar refractivity (Wildman–Crippen MR) is 347 cm³/mol. The van der Waals surface area contributed by atoms with Crippen LogP contribution in [0.3, 0.4) is 0 Å². The number of carbonyl (C=O) groups excluding carboxylic acids is 2. The highest BCUT2D eigenvalue weighted by atomic mass is 32.1. The molecule has 0 saturated heterocycles. The van der Waals surface area contributed by atoms with Gasteiger partial charge in [-0.05, 0) is 110 Å². The van der Waals surface area contributed by atoms with Gasteiger partial charge in [-0.25, -0.2) is 8.78 Å². The number of benzene rings is 4. The van der Waals surface area contributed by atoms with Crippen LogP contribution >= 0.6 is 113 Å². The third-order valence-corrected chi connectivity index (χ3v) is 26.8. The van der Waals surface area contributed by atoms with E-state index in [9.17, 15) is 9.59 Å². The second-order valence-electron chi connectivity index (χ2n) is 19.4. The summed E-state index contributed by atoms with van der Waals surface area (Å²) in [4.78, 5) is 38.8. The lowest BCUT2D eigenvalue weighted by molar-refractivity contribution is 0.100. The van der Waals surface area contributed by atoms with Gasteiger partial charge in [0.1, 0.15) is 9.75 Å². The smallest absolute Gasteiger partial charge is 0.172 e. The van der Waals surface area contributed by atoms with Crippen molar-refractivity contribution in [2.75, 3.05) is 0 Å². The number of hydrogen-bond donors (Lipinski definition) is 0. The quantitative estimate of drug-likeness (QED) is 0.121. The molecule has 0 unspecified atom stereocenters. The lowest BCUT2D eigenvalue weighted by Gasteiger charge is -2.15. The molecule has 0 spiro atoms. The van der Waals surface area contributed by atoms with E-state index in [1.165, 1.54) is 65.9 Å². The Balaban J connectivity index is 1.05. The van der Waals surface area contributed by atoms with E-state index in [0.29, 0.717) is 10.8 Å². The third-order valence-electron chi connectivity index (χ3n) is 14.3. The first-order valence-corrected chi connectivity index (χ1v) is 33.0. The van der Waals surface area contributed by atoms with Crippen molar-refractivity contribution in [3.05, 3.63) is 162 Å². The highest BCUT2D eigenvalue weighted by molar-refractivity contribution is 7.37. The molecule has 10 aromatic heterocycles. The van der Waals surface area contributed by atoms with Crippen LogP contribution in [0.5, 0.6) is 0 Å². The maximum atomic E-state index is 17.5. The Morgan fingerprint density at radius 2 is 0.808 bits per heavy atom. The fraction of sp³-hybridized carbons (Fsp3) is 0.0938. The Bertz CT molecular complexity index is 4900. The van der Waals surface area contributed by atoms with Crippen LogP contribution < -0.4 is 0 Å². The van der Waals surface area contributed by atoms with Gasteiger partial charge >= 0.3 is 0 Å². The van der Waals surface area contributed by atoms with Gasteiger partial charge in [-0.2, -0.15) is 0 Å². The molecule has 0 saturated carbocycles. The van der Waals surface area contributed by atoms with E-state index in [1.807, 2.05) is 19.1 Å². The Labute approximate surface area is 487 Å². The summed E-state index contributed by atoms with van der Waals surface area (Å²) >= 11 is 16.1. The molecule has 0 N–H and O–H groups in total. The summed E-state index contributed by atoms with van der Waals surface area (Å²) in [6.07, 6.45) is 3.74. The van der Waals surface area contributed by atoms with Crippen LogP contribution in [0.2, 0.25) is 0 Å². The monoisotopic (exact) mass is 1200 g/mol. The van der Waals surface area contributed by atoms with E-state index in [1.54, 1.807) is 90.7 Å². The topological polar surface area (TPSA) is 34.1 Å². The van der Waals surface area contributed by atoms with Crippen molar-refractivity contribution in [2.24, 2.45) is 0 Å². The molecule has 0 atom stereocenters. The number of fused-ring (bicyclic) bond motifs is 8. The highest BCUT2D eigenvalue weighted by Crippen LogP contribution is 2.60. The zero-order valence-electron chi connectivity index (χ0n) is 42.5. The average molecular weight is 1200 g/mol. The van der Waals surface area contributed by atoms with Gasteiger partial charge in [-0.15, -0.1) is 113 Å². The molecule has 4 aromatic carbocycles. The van der Waals surface area contributed by atoms with Crippen LogP contribution in [-0.4, -0.2) is 11.6 Å². The zero-order valence-corrected chi connectivity index (χ0v) is 50.6. The molecule has 78 heavy (non-hydrogen) atoms. The van der Waals surface area contributed by atoms with Crippen molar-refractivity contribution in [3.8, 4) is 72.4 Å². The van der Waals surface area contributed by atoms with Crippen LogP contribution in [0.1, 0.15) is 63.8 Å². The van der Waals surface area contributed by atoms with Crippen LogP contribution in [-0.2, 0) is 0 Å².